The van der Waals surface area contributed by atoms with Gasteiger partial charge in [0, 0.05) is 6.42 Å². The van der Waals surface area contributed by atoms with Crippen LogP contribution in [-0.2, 0) is 0 Å². The summed E-state index contributed by atoms with van der Waals surface area (Å²) in [5.74, 6) is 0. The Hall–Kier alpha value is 0.210. The lowest BCUT2D eigenvalue weighted by Gasteiger charge is -2.28. The maximum absolute atomic E-state index is 8.77. The van der Waals surface area contributed by atoms with Crippen LogP contribution in [0.3, 0.4) is 0 Å². The lowest BCUT2D eigenvalue weighted by atomic mass is 10.3. The summed E-state index contributed by atoms with van der Waals surface area (Å²) in [7, 11) is 4.25. The van der Waals surface area contributed by atoms with Gasteiger partial charge in [0.05, 0.1) is 27.2 Å². The number of quaternary nitrogens is 1. The molecule has 10 heavy (non-hydrogen) atoms. The monoisotopic (exact) mass is 166 g/mol. The fourth-order valence-corrected chi connectivity index (χ4v) is 0.712. The highest BCUT2D eigenvalue weighted by atomic mass is 35.5. The van der Waals surface area contributed by atoms with E-state index in [9.17, 15) is 0 Å². The Balaban J connectivity index is 3.46. The molecule has 0 fully saturated rings. The first-order valence-electron chi connectivity index (χ1n) is 3.62. The third-order valence-corrected chi connectivity index (χ3v) is 2.05. The Morgan fingerprint density at radius 3 is 2.30 bits per heavy atom. The van der Waals surface area contributed by atoms with Crippen molar-refractivity contribution >= 4 is 11.6 Å². The number of rotatable bonds is 4. The number of hydrogen-bond acceptors (Lipinski definition) is 1. The molecule has 1 unspecified atom stereocenters. The van der Waals surface area contributed by atoms with Gasteiger partial charge in [0.2, 0.25) is 0 Å². The summed E-state index contributed by atoms with van der Waals surface area (Å²) in [6.07, 6.45) is 0.669. The average molecular weight is 167 g/mol. The van der Waals surface area contributed by atoms with Gasteiger partial charge in [0.15, 0.2) is 0 Å². The van der Waals surface area contributed by atoms with Crippen molar-refractivity contribution in [2.45, 2.75) is 18.9 Å². The van der Waals surface area contributed by atoms with E-state index in [1.807, 2.05) is 0 Å². The maximum atomic E-state index is 8.77. The maximum Gasteiger partial charge on any atom is 0.133 e. The van der Waals surface area contributed by atoms with Crippen LogP contribution >= 0.6 is 11.6 Å². The molecule has 0 spiro atoms. The average Bonchev–Trinajstić information content (AvgIpc) is 1.85. The SMILES string of the molecule is CC[N+](C)(C)CCC(O)Cl. The van der Waals surface area contributed by atoms with Gasteiger partial charge in [0.1, 0.15) is 5.56 Å². The lowest BCUT2D eigenvalue weighted by molar-refractivity contribution is -0.888. The van der Waals surface area contributed by atoms with Gasteiger partial charge in [-0.25, -0.2) is 0 Å². The summed E-state index contributed by atoms with van der Waals surface area (Å²) in [5, 5.41) is 8.77. The Morgan fingerprint density at radius 2 is 2.00 bits per heavy atom. The summed E-state index contributed by atoms with van der Waals surface area (Å²) in [5.41, 5.74) is -0.677. The van der Waals surface area contributed by atoms with Crippen molar-refractivity contribution in [3.05, 3.63) is 0 Å². The highest BCUT2D eigenvalue weighted by Gasteiger charge is 2.12. The van der Waals surface area contributed by atoms with E-state index in [1.54, 1.807) is 0 Å². The van der Waals surface area contributed by atoms with E-state index in [1.165, 1.54) is 0 Å². The minimum absolute atomic E-state index is 0.669. The van der Waals surface area contributed by atoms with Crippen molar-refractivity contribution in [1.82, 2.24) is 0 Å². The Bertz CT molecular complexity index is 93.6. The van der Waals surface area contributed by atoms with E-state index in [0.717, 1.165) is 17.6 Å². The summed E-state index contributed by atoms with van der Waals surface area (Å²) in [6, 6.07) is 0. The molecule has 3 heteroatoms. The highest BCUT2D eigenvalue weighted by Crippen LogP contribution is 2.03. The molecule has 0 aliphatic heterocycles. The smallest absolute Gasteiger partial charge is 0.133 e. The van der Waals surface area contributed by atoms with Crippen LogP contribution in [0.25, 0.3) is 0 Å². The van der Waals surface area contributed by atoms with Gasteiger partial charge in [-0.15, -0.1) is 0 Å². The molecule has 2 nitrogen and oxygen atoms in total. The zero-order valence-electron chi connectivity index (χ0n) is 6.97. The minimum atomic E-state index is -0.677. The van der Waals surface area contributed by atoms with E-state index >= 15 is 0 Å². The molecule has 1 N–H and O–H groups in total. The predicted molar refractivity (Wildman–Crippen MR) is 44.0 cm³/mol. The number of nitrogens with zero attached hydrogens (tertiary/aromatic N) is 1. The molecule has 0 rings (SSSR count). The normalized spacial score (nSPS) is 15.3. The van der Waals surface area contributed by atoms with Gasteiger partial charge in [-0.3, -0.25) is 0 Å². The van der Waals surface area contributed by atoms with Crippen LogP contribution in [0.1, 0.15) is 13.3 Å². The molecule has 0 aromatic heterocycles. The van der Waals surface area contributed by atoms with Crippen molar-refractivity contribution in [3.8, 4) is 0 Å². The van der Waals surface area contributed by atoms with Crippen LogP contribution in [0.15, 0.2) is 0 Å². The first kappa shape index (κ1) is 10.2. The van der Waals surface area contributed by atoms with E-state index < -0.39 is 5.56 Å². The zero-order valence-corrected chi connectivity index (χ0v) is 7.73. The third kappa shape index (κ3) is 5.03. The van der Waals surface area contributed by atoms with Crippen LogP contribution < -0.4 is 0 Å². The molecule has 0 aromatic rings. The lowest BCUT2D eigenvalue weighted by Crippen LogP contribution is -2.40. The van der Waals surface area contributed by atoms with Crippen molar-refractivity contribution in [2.75, 3.05) is 27.2 Å². The number of aliphatic hydroxyl groups excluding tert-OH is 1. The topological polar surface area (TPSA) is 20.2 Å². The second-order valence-electron chi connectivity index (χ2n) is 3.20. The molecule has 62 valence electrons. The molecule has 0 aliphatic rings. The van der Waals surface area contributed by atoms with Gasteiger partial charge < -0.3 is 9.59 Å². The van der Waals surface area contributed by atoms with E-state index in [2.05, 4.69) is 21.0 Å². The Kier molecular flexibility index (Phi) is 4.25. The largest absolute Gasteiger partial charge is 0.377 e. The number of hydrogen-bond donors (Lipinski definition) is 1. The first-order chi connectivity index (χ1) is 4.48. The molecule has 0 heterocycles. The van der Waals surface area contributed by atoms with Crippen LogP contribution in [0.4, 0.5) is 0 Å². The quantitative estimate of drug-likeness (QED) is 0.489. The highest BCUT2D eigenvalue weighted by molar-refractivity contribution is 6.19. The fraction of sp³-hybridized carbons (Fsp3) is 1.00. The number of aliphatic hydroxyl groups is 1. The molecule has 0 aliphatic carbocycles. The van der Waals surface area contributed by atoms with Crippen LogP contribution in [0, 0.1) is 0 Å². The predicted octanol–water partition coefficient (Wildman–Crippen LogP) is 1.03. The molecule has 0 amide bonds. The zero-order chi connectivity index (χ0) is 8.20. The molecular weight excluding hydrogens is 150 g/mol. The first-order valence-corrected chi connectivity index (χ1v) is 4.06. The summed E-state index contributed by atoms with van der Waals surface area (Å²) < 4.78 is 0.920. The van der Waals surface area contributed by atoms with Crippen LogP contribution in [0.5, 0.6) is 0 Å². The second kappa shape index (κ2) is 4.16. The van der Waals surface area contributed by atoms with E-state index in [4.69, 9.17) is 16.7 Å². The summed E-state index contributed by atoms with van der Waals surface area (Å²) in [4.78, 5) is 0. The Morgan fingerprint density at radius 1 is 1.50 bits per heavy atom. The van der Waals surface area contributed by atoms with Crippen LogP contribution in [-0.4, -0.2) is 42.3 Å². The molecular formula is C7H17ClNO+. The van der Waals surface area contributed by atoms with E-state index in [-0.39, 0.29) is 0 Å². The molecule has 0 saturated heterocycles. The minimum Gasteiger partial charge on any atom is -0.377 e. The third-order valence-electron chi connectivity index (χ3n) is 1.83. The second-order valence-corrected chi connectivity index (χ2v) is 3.70. The summed E-state index contributed by atoms with van der Waals surface area (Å²) in [6.45, 7) is 4.13. The van der Waals surface area contributed by atoms with Gasteiger partial charge in [-0.1, -0.05) is 11.6 Å². The molecule has 0 bridgehead atoms. The van der Waals surface area contributed by atoms with Crippen LogP contribution in [0.2, 0.25) is 0 Å². The standard InChI is InChI=1S/C7H17ClNO/c1-4-9(2,3)6-5-7(8)10/h7,10H,4-6H2,1-3H3/q+1. The van der Waals surface area contributed by atoms with E-state index in [0.29, 0.717) is 6.42 Å². The van der Waals surface area contributed by atoms with Crippen molar-refractivity contribution in [3.63, 3.8) is 0 Å². The van der Waals surface area contributed by atoms with Gasteiger partial charge in [-0.2, -0.15) is 0 Å². The van der Waals surface area contributed by atoms with Gasteiger partial charge in [0.25, 0.3) is 0 Å². The fourth-order valence-electron chi connectivity index (χ4n) is 0.614. The molecule has 1 atom stereocenters. The molecule has 0 saturated carbocycles. The molecule has 0 aromatic carbocycles. The van der Waals surface area contributed by atoms with Crippen molar-refractivity contribution in [1.29, 1.82) is 0 Å². The number of halogens is 1. The van der Waals surface area contributed by atoms with Gasteiger partial charge in [-0.05, 0) is 6.92 Å². The van der Waals surface area contributed by atoms with Gasteiger partial charge >= 0.3 is 0 Å². The summed E-state index contributed by atoms with van der Waals surface area (Å²) >= 11 is 5.39. The molecule has 0 radical (unpaired) electrons. The number of alkyl halides is 1. The van der Waals surface area contributed by atoms with Crippen molar-refractivity contribution in [2.24, 2.45) is 0 Å². The van der Waals surface area contributed by atoms with Crippen molar-refractivity contribution < 1.29 is 9.59 Å². The Labute approximate surface area is 68.0 Å².